The fourth-order valence-electron chi connectivity index (χ4n) is 1.64. The van der Waals surface area contributed by atoms with Crippen molar-refractivity contribution in [1.29, 1.82) is 0 Å². The van der Waals surface area contributed by atoms with Crippen molar-refractivity contribution < 1.29 is 9.53 Å². The van der Waals surface area contributed by atoms with Crippen molar-refractivity contribution in [2.45, 2.75) is 32.3 Å². The number of unbranched alkanes of at least 4 members (excludes halogenated alkanes) is 1. The summed E-state index contributed by atoms with van der Waals surface area (Å²) in [6.45, 7) is 2.61. The van der Waals surface area contributed by atoms with Crippen LogP contribution in [0.3, 0.4) is 0 Å². The van der Waals surface area contributed by atoms with Crippen LogP contribution in [0, 0.1) is 0 Å². The minimum atomic E-state index is -0.0678. The van der Waals surface area contributed by atoms with Crippen molar-refractivity contribution in [3.63, 3.8) is 0 Å². The molecule has 94 valence electrons. The summed E-state index contributed by atoms with van der Waals surface area (Å²) in [6.07, 6.45) is 2.51. The topological polar surface area (TPSA) is 38.3 Å². The second kappa shape index (κ2) is 7.85. The van der Waals surface area contributed by atoms with Crippen LogP contribution in [0.4, 0.5) is 0 Å². The number of rotatable bonds is 7. The number of amides is 1. The Kier molecular flexibility index (Phi) is 6.33. The predicted octanol–water partition coefficient (Wildman–Crippen LogP) is 2.68. The molecule has 1 aromatic rings. The smallest absolute Gasteiger partial charge is 0.220 e. The highest BCUT2D eigenvalue weighted by Gasteiger charge is 2.11. The Morgan fingerprint density at radius 2 is 2.06 bits per heavy atom. The van der Waals surface area contributed by atoms with Crippen molar-refractivity contribution in [2.24, 2.45) is 0 Å². The van der Waals surface area contributed by atoms with Crippen LogP contribution in [0.5, 0.6) is 0 Å². The quantitative estimate of drug-likeness (QED) is 0.789. The first-order valence-electron chi connectivity index (χ1n) is 6.12. The van der Waals surface area contributed by atoms with E-state index < -0.39 is 0 Å². The maximum Gasteiger partial charge on any atom is 0.220 e. The van der Waals surface area contributed by atoms with Gasteiger partial charge in [0.25, 0.3) is 0 Å². The molecule has 0 radical (unpaired) electrons. The first kappa shape index (κ1) is 13.7. The van der Waals surface area contributed by atoms with Gasteiger partial charge in [-0.1, -0.05) is 43.7 Å². The van der Waals surface area contributed by atoms with Crippen molar-refractivity contribution in [3.05, 3.63) is 35.9 Å². The lowest BCUT2D eigenvalue weighted by atomic mass is 10.1. The molecule has 1 N–H and O–H groups in total. The third kappa shape index (κ3) is 5.00. The van der Waals surface area contributed by atoms with Gasteiger partial charge in [-0.15, -0.1) is 0 Å². The molecule has 0 aliphatic carbocycles. The molecule has 1 aromatic carbocycles. The van der Waals surface area contributed by atoms with Crippen molar-refractivity contribution in [1.82, 2.24) is 5.32 Å². The van der Waals surface area contributed by atoms with E-state index in [0.29, 0.717) is 13.0 Å². The highest BCUT2D eigenvalue weighted by Crippen LogP contribution is 2.14. The molecule has 0 bridgehead atoms. The molecule has 1 unspecified atom stereocenters. The van der Waals surface area contributed by atoms with Gasteiger partial charge >= 0.3 is 0 Å². The summed E-state index contributed by atoms with van der Waals surface area (Å²) >= 11 is 0. The normalized spacial score (nSPS) is 12.1. The molecule has 1 rings (SSSR count). The Morgan fingerprint density at radius 3 is 2.65 bits per heavy atom. The van der Waals surface area contributed by atoms with E-state index in [1.54, 1.807) is 7.11 Å². The summed E-state index contributed by atoms with van der Waals surface area (Å²) in [7, 11) is 1.66. The molecule has 3 nitrogen and oxygen atoms in total. The standard InChI is InChI=1S/C14H21NO2/c1-3-4-10-14(16)15-11-13(17-2)12-8-6-5-7-9-12/h5-9,13H,3-4,10-11H2,1-2H3,(H,15,16). The Bertz CT molecular complexity index is 324. The van der Waals surface area contributed by atoms with E-state index >= 15 is 0 Å². The fourth-order valence-corrected chi connectivity index (χ4v) is 1.64. The zero-order valence-corrected chi connectivity index (χ0v) is 10.6. The van der Waals surface area contributed by atoms with E-state index in [-0.39, 0.29) is 12.0 Å². The van der Waals surface area contributed by atoms with E-state index in [4.69, 9.17) is 4.74 Å². The molecule has 0 aromatic heterocycles. The Balaban J connectivity index is 2.40. The van der Waals surface area contributed by atoms with E-state index in [1.165, 1.54) is 0 Å². The van der Waals surface area contributed by atoms with Crippen LogP contribution in [-0.2, 0) is 9.53 Å². The van der Waals surface area contributed by atoms with Gasteiger partial charge in [-0.25, -0.2) is 0 Å². The van der Waals surface area contributed by atoms with Gasteiger partial charge in [0.15, 0.2) is 0 Å². The predicted molar refractivity (Wildman–Crippen MR) is 68.7 cm³/mol. The summed E-state index contributed by atoms with van der Waals surface area (Å²) in [4.78, 5) is 11.5. The van der Waals surface area contributed by atoms with E-state index in [9.17, 15) is 4.79 Å². The largest absolute Gasteiger partial charge is 0.375 e. The average Bonchev–Trinajstić information content (AvgIpc) is 2.38. The number of benzene rings is 1. The third-order valence-electron chi connectivity index (χ3n) is 2.70. The van der Waals surface area contributed by atoms with Crippen molar-refractivity contribution >= 4 is 5.91 Å². The molecule has 1 amide bonds. The van der Waals surface area contributed by atoms with Crippen molar-refractivity contribution in [3.8, 4) is 0 Å². The van der Waals surface area contributed by atoms with Gasteiger partial charge in [0, 0.05) is 20.1 Å². The lowest BCUT2D eigenvalue weighted by molar-refractivity contribution is -0.121. The molecule has 1 atom stereocenters. The average molecular weight is 235 g/mol. The number of ether oxygens (including phenoxy) is 1. The van der Waals surface area contributed by atoms with Crippen LogP contribution in [0.15, 0.2) is 30.3 Å². The zero-order valence-electron chi connectivity index (χ0n) is 10.6. The van der Waals surface area contributed by atoms with E-state index in [0.717, 1.165) is 18.4 Å². The third-order valence-corrected chi connectivity index (χ3v) is 2.70. The molecule has 0 saturated carbocycles. The van der Waals surface area contributed by atoms with Gasteiger partial charge in [-0.05, 0) is 12.0 Å². The molecule has 0 aliphatic heterocycles. The van der Waals surface area contributed by atoms with Crippen LogP contribution in [0.25, 0.3) is 0 Å². The molecular formula is C14H21NO2. The highest BCUT2D eigenvalue weighted by atomic mass is 16.5. The van der Waals surface area contributed by atoms with Crippen LogP contribution in [0.2, 0.25) is 0 Å². The minimum Gasteiger partial charge on any atom is -0.375 e. The summed E-state index contributed by atoms with van der Waals surface area (Å²) in [6, 6.07) is 9.93. The molecule has 0 saturated heterocycles. The molecule has 0 fully saturated rings. The number of carbonyl (C=O) groups excluding carboxylic acids is 1. The lowest BCUT2D eigenvalue weighted by Crippen LogP contribution is -2.28. The van der Waals surface area contributed by atoms with Gasteiger partial charge in [0.2, 0.25) is 5.91 Å². The second-order valence-electron chi connectivity index (χ2n) is 4.04. The molecule has 3 heteroatoms. The minimum absolute atomic E-state index is 0.0678. The zero-order chi connectivity index (χ0) is 12.5. The van der Waals surface area contributed by atoms with Gasteiger partial charge in [-0.2, -0.15) is 0 Å². The SMILES string of the molecule is CCCCC(=O)NCC(OC)c1ccccc1. The summed E-state index contributed by atoms with van der Waals surface area (Å²) in [5.74, 6) is 0.102. The van der Waals surface area contributed by atoms with Gasteiger partial charge in [-0.3, -0.25) is 4.79 Å². The monoisotopic (exact) mass is 235 g/mol. The van der Waals surface area contributed by atoms with Gasteiger partial charge < -0.3 is 10.1 Å². The highest BCUT2D eigenvalue weighted by molar-refractivity contribution is 5.75. The van der Waals surface area contributed by atoms with Gasteiger partial charge in [0.05, 0.1) is 6.10 Å². The Hall–Kier alpha value is -1.35. The van der Waals surface area contributed by atoms with Crippen LogP contribution in [0.1, 0.15) is 37.9 Å². The summed E-state index contributed by atoms with van der Waals surface area (Å²) in [5.41, 5.74) is 1.09. The number of methoxy groups -OCH3 is 1. The fraction of sp³-hybridized carbons (Fsp3) is 0.500. The summed E-state index contributed by atoms with van der Waals surface area (Å²) in [5, 5.41) is 2.90. The summed E-state index contributed by atoms with van der Waals surface area (Å²) < 4.78 is 5.38. The number of hydrogen-bond donors (Lipinski definition) is 1. The van der Waals surface area contributed by atoms with Crippen LogP contribution in [-0.4, -0.2) is 19.6 Å². The Labute approximate surface area is 103 Å². The number of carbonyl (C=O) groups is 1. The Morgan fingerprint density at radius 1 is 1.35 bits per heavy atom. The first-order valence-corrected chi connectivity index (χ1v) is 6.12. The van der Waals surface area contributed by atoms with E-state index in [1.807, 2.05) is 30.3 Å². The number of nitrogens with one attached hydrogen (secondary N) is 1. The first-order chi connectivity index (χ1) is 8.27. The molecule has 0 aliphatic rings. The van der Waals surface area contributed by atoms with Crippen LogP contribution >= 0.6 is 0 Å². The molecular weight excluding hydrogens is 214 g/mol. The maximum absolute atomic E-state index is 11.5. The van der Waals surface area contributed by atoms with Crippen LogP contribution < -0.4 is 5.32 Å². The molecule has 17 heavy (non-hydrogen) atoms. The lowest BCUT2D eigenvalue weighted by Gasteiger charge is -2.16. The second-order valence-corrected chi connectivity index (χ2v) is 4.04. The van der Waals surface area contributed by atoms with Gasteiger partial charge in [0.1, 0.15) is 0 Å². The molecule has 0 heterocycles. The number of hydrogen-bond acceptors (Lipinski definition) is 2. The maximum atomic E-state index is 11.5. The van der Waals surface area contributed by atoms with Crippen molar-refractivity contribution in [2.75, 3.05) is 13.7 Å². The molecule has 0 spiro atoms. The van der Waals surface area contributed by atoms with E-state index in [2.05, 4.69) is 12.2 Å².